The molecule has 0 aliphatic carbocycles. The van der Waals surface area contributed by atoms with E-state index in [0.717, 1.165) is 22.5 Å². The van der Waals surface area contributed by atoms with Crippen LogP contribution in [0.1, 0.15) is 22.5 Å². The van der Waals surface area contributed by atoms with Gasteiger partial charge in [-0.2, -0.15) is 0 Å². The molecule has 0 bridgehead atoms. The quantitative estimate of drug-likeness (QED) is 0.775. The topological polar surface area (TPSA) is 51.8 Å². The number of nitrogens with two attached hydrogens (primary N) is 1. The predicted octanol–water partition coefficient (Wildman–Crippen LogP) is 3.48. The zero-order chi connectivity index (χ0) is 13.4. The molecule has 2 heterocycles. The van der Waals surface area contributed by atoms with E-state index in [9.17, 15) is 0 Å². The van der Waals surface area contributed by atoms with Crippen LogP contribution in [0.3, 0.4) is 0 Å². The number of benzene rings is 1. The van der Waals surface area contributed by atoms with Gasteiger partial charge in [0.2, 0.25) is 0 Å². The minimum atomic E-state index is 0.574. The van der Waals surface area contributed by atoms with E-state index in [-0.39, 0.29) is 0 Å². The first-order valence-electron chi connectivity index (χ1n) is 6.19. The van der Waals surface area contributed by atoms with E-state index in [2.05, 4.69) is 42.0 Å². The summed E-state index contributed by atoms with van der Waals surface area (Å²) in [5.74, 6) is 1.36. The highest BCUT2D eigenvalue weighted by atomic mass is 32.1. The third-order valence-electron chi connectivity index (χ3n) is 3.33. The molecular formula is C15H15N3S. The molecule has 0 atom stereocenters. The van der Waals surface area contributed by atoms with Crippen LogP contribution in [-0.2, 0) is 6.42 Å². The van der Waals surface area contributed by atoms with Crippen molar-refractivity contribution in [3.63, 3.8) is 0 Å². The Labute approximate surface area is 116 Å². The van der Waals surface area contributed by atoms with Gasteiger partial charge in [0, 0.05) is 6.42 Å². The van der Waals surface area contributed by atoms with E-state index in [1.165, 1.54) is 16.7 Å². The number of fused-ring (bicyclic) bond motifs is 1. The highest BCUT2D eigenvalue weighted by Crippen LogP contribution is 2.23. The summed E-state index contributed by atoms with van der Waals surface area (Å²) in [6.07, 6.45) is 0.721. The lowest BCUT2D eigenvalue weighted by Crippen LogP contribution is -2.01. The minimum Gasteiger partial charge on any atom is -0.383 e. The van der Waals surface area contributed by atoms with Crippen LogP contribution in [0, 0.1) is 13.8 Å². The maximum absolute atomic E-state index is 5.96. The van der Waals surface area contributed by atoms with Gasteiger partial charge in [-0.15, -0.1) is 11.3 Å². The third kappa shape index (κ3) is 2.31. The van der Waals surface area contributed by atoms with Crippen molar-refractivity contribution in [2.45, 2.75) is 20.3 Å². The van der Waals surface area contributed by atoms with Crippen molar-refractivity contribution in [3.8, 4) is 0 Å². The summed E-state index contributed by atoms with van der Waals surface area (Å²) in [6, 6.07) is 8.42. The van der Waals surface area contributed by atoms with E-state index in [1.807, 2.05) is 11.4 Å². The lowest BCUT2D eigenvalue weighted by molar-refractivity contribution is 0.998. The maximum atomic E-state index is 5.96. The first kappa shape index (κ1) is 12.1. The first-order chi connectivity index (χ1) is 9.13. The molecule has 19 heavy (non-hydrogen) atoms. The molecule has 4 heteroatoms. The van der Waals surface area contributed by atoms with E-state index in [1.54, 1.807) is 11.3 Å². The van der Waals surface area contributed by atoms with Crippen LogP contribution in [0.4, 0.5) is 5.82 Å². The van der Waals surface area contributed by atoms with Crippen molar-refractivity contribution in [3.05, 3.63) is 52.2 Å². The molecule has 0 saturated heterocycles. The number of aromatic nitrogens is 2. The predicted molar refractivity (Wildman–Crippen MR) is 80.5 cm³/mol. The Kier molecular flexibility index (Phi) is 2.95. The second-order valence-electron chi connectivity index (χ2n) is 4.76. The second kappa shape index (κ2) is 4.63. The molecule has 0 aliphatic heterocycles. The fraction of sp³-hybridized carbons (Fsp3) is 0.200. The fourth-order valence-electron chi connectivity index (χ4n) is 2.10. The normalized spacial score (nSPS) is 11.1. The standard InChI is InChI=1S/C15H15N3S/c1-9-3-4-11(7-10(9)2)8-13-17-14(16)12-5-6-19-15(12)18-13/h3-7H,8H2,1-2H3,(H2,16,17,18). The second-order valence-corrected chi connectivity index (χ2v) is 5.65. The molecule has 96 valence electrons. The number of anilines is 1. The van der Waals surface area contributed by atoms with Crippen molar-refractivity contribution in [2.75, 3.05) is 5.73 Å². The van der Waals surface area contributed by atoms with E-state index < -0.39 is 0 Å². The third-order valence-corrected chi connectivity index (χ3v) is 4.14. The Bertz CT molecular complexity index is 746. The summed E-state index contributed by atoms with van der Waals surface area (Å²) in [4.78, 5) is 9.93. The number of nitrogens with zero attached hydrogens (tertiary/aromatic N) is 2. The Morgan fingerprint density at radius 3 is 2.74 bits per heavy atom. The molecule has 0 unspecified atom stereocenters. The Morgan fingerprint density at radius 1 is 1.11 bits per heavy atom. The van der Waals surface area contributed by atoms with Gasteiger partial charge in [0.1, 0.15) is 16.5 Å². The Hall–Kier alpha value is -1.94. The van der Waals surface area contributed by atoms with Crippen molar-refractivity contribution >= 4 is 27.4 Å². The molecule has 0 amide bonds. The van der Waals surface area contributed by atoms with Gasteiger partial charge in [-0.25, -0.2) is 9.97 Å². The van der Waals surface area contributed by atoms with Crippen molar-refractivity contribution in [1.29, 1.82) is 0 Å². The summed E-state index contributed by atoms with van der Waals surface area (Å²) < 4.78 is 0. The zero-order valence-electron chi connectivity index (χ0n) is 11.0. The molecule has 2 aromatic heterocycles. The molecular weight excluding hydrogens is 254 g/mol. The monoisotopic (exact) mass is 269 g/mol. The van der Waals surface area contributed by atoms with Crippen molar-refractivity contribution in [1.82, 2.24) is 9.97 Å². The lowest BCUT2D eigenvalue weighted by Gasteiger charge is -2.05. The van der Waals surface area contributed by atoms with Gasteiger partial charge in [0.15, 0.2) is 0 Å². The largest absolute Gasteiger partial charge is 0.383 e. The molecule has 3 rings (SSSR count). The van der Waals surface area contributed by atoms with Crippen LogP contribution < -0.4 is 5.73 Å². The van der Waals surface area contributed by atoms with E-state index in [0.29, 0.717) is 5.82 Å². The Balaban J connectivity index is 1.98. The highest BCUT2D eigenvalue weighted by Gasteiger charge is 2.07. The van der Waals surface area contributed by atoms with Gasteiger partial charge in [0.25, 0.3) is 0 Å². The average molecular weight is 269 g/mol. The van der Waals surface area contributed by atoms with Gasteiger partial charge in [-0.1, -0.05) is 18.2 Å². The number of nitrogen functional groups attached to an aromatic ring is 1. The van der Waals surface area contributed by atoms with Gasteiger partial charge in [-0.3, -0.25) is 0 Å². The van der Waals surface area contributed by atoms with Crippen LogP contribution in [0.25, 0.3) is 10.2 Å². The molecule has 0 saturated carbocycles. The van der Waals surface area contributed by atoms with Crippen LogP contribution in [0.5, 0.6) is 0 Å². The smallest absolute Gasteiger partial charge is 0.136 e. The van der Waals surface area contributed by atoms with Gasteiger partial charge in [-0.05, 0) is 42.0 Å². The summed E-state index contributed by atoms with van der Waals surface area (Å²) in [5, 5.41) is 2.95. The molecule has 0 aliphatic rings. The fourth-order valence-corrected chi connectivity index (χ4v) is 2.89. The summed E-state index contributed by atoms with van der Waals surface area (Å²) in [7, 11) is 0. The maximum Gasteiger partial charge on any atom is 0.136 e. The van der Waals surface area contributed by atoms with Gasteiger partial charge >= 0.3 is 0 Å². The number of hydrogen-bond acceptors (Lipinski definition) is 4. The molecule has 3 aromatic rings. The molecule has 0 radical (unpaired) electrons. The number of rotatable bonds is 2. The number of thiophene rings is 1. The summed E-state index contributed by atoms with van der Waals surface area (Å²) in [5.41, 5.74) is 9.78. The average Bonchev–Trinajstić information content (AvgIpc) is 2.82. The number of hydrogen-bond donors (Lipinski definition) is 1. The van der Waals surface area contributed by atoms with E-state index >= 15 is 0 Å². The van der Waals surface area contributed by atoms with Gasteiger partial charge < -0.3 is 5.73 Å². The van der Waals surface area contributed by atoms with E-state index in [4.69, 9.17) is 5.73 Å². The molecule has 2 N–H and O–H groups in total. The minimum absolute atomic E-state index is 0.574. The zero-order valence-corrected chi connectivity index (χ0v) is 11.8. The van der Waals surface area contributed by atoms with Crippen LogP contribution in [0.2, 0.25) is 0 Å². The Morgan fingerprint density at radius 2 is 1.95 bits per heavy atom. The summed E-state index contributed by atoms with van der Waals surface area (Å²) in [6.45, 7) is 4.24. The molecule has 0 fully saturated rings. The SMILES string of the molecule is Cc1ccc(Cc2nc(N)c3ccsc3n2)cc1C. The molecule has 1 aromatic carbocycles. The van der Waals surface area contributed by atoms with Crippen molar-refractivity contribution in [2.24, 2.45) is 0 Å². The molecule has 0 spiro atoms. The van der Waals surface area contributed by atoms with Crippen LogP contribution in [-0.4, -0.2) is 9.97 Å². The molecule has 3 nitrogen and oxygen atoms in total. The highest BCUT2D eigenvalue weighted by molar-refractivity contribution is 7.16. The van der Waals surface area contributed by atoms with Crippen molar-refractivity contribution < 1.29 is 0 Å². The summed E-state index contributed by atoms with van der Waals surface area (Å²) >= 11 is 1.60. The first-order valence-corrected chi connectivity index (χ1v) is 7.07. The van der Waals surface area contributed by atoms with Crippen LogP contribution in [0.15, 0.2) is 29.6 Å². The van der Waals surface area contributed by atoms with Gasteiger partial charge in [0.05, 0.1) is 5.39 Å². The number of aryl methyl sites for hydroxylation is 2. The van der Waals surface area contributed by atoms with Crippen LogP contribution >= 0.6 is 11.3 Å². The lowest BCUT2D eigenvalue weighted by atomic mass is 10.0.